The minimum Gasteiger partial charge on any atom is -0.448 e. The predicted molar refractivity (Wildman–Crippen MR) is 102 cm³/mol. The highest BCUT2D eigenvalue weighted by Crippen LogP contribution is 2.26. The van der Waals surface area contributed by atoms with Gasteiger partial charge in [0.1, 0.15) is 4.88 Å². The molecule has 2 aromatic carbocycles. The summed E-state index contributed by atoms with van der Waals surface area (Å²) < 4.78 is 6.26. The Labute approximate surface area is 154 Å². The van der Waals surface area contributed by atoms with E-state index < -0.39 is 18.0 Å². The second kappa shape index (κ2) is 7.49. The minimum atomic E-state index is -0.944. The molecule has 0 aliphatic rings. The third-order valence-electron chi connectivity index (χ3n) is 3.84. The fourth-order valence-electron chi connectivity index (χ4n) is 2.39. The van der Waals surface area contributed by atoms with E-state index in [9.17, 15) is 14.4 Å². The molecule has 0 radical (unpaired) electrons. The van der Waals surface area contributed by atoms with Crippen LogP contribution in [0.15, 0.2) is 54.6 Å². The van der Waals surface area contributed by atoms with E-state index >= 15 is 0 Å². The van der Waals surface area contributed by atoms with Crippen molar-refractivity contribution < 1.29 is 19.1 Å². The Bertz CT molecular complexity index is 942. The van der Waals surface area contributed by atoms with Gasteiger partial charge >= 0.3 is 5.97 Å². The second-order valence-electron chi connectivity index (χ2n) is 5.82. The molecule has 0 aliphatic heterocycles. The van der Waals surface area contributed by atoms with Gasteiger partial charge in [0, 0.05) is 16.0 Å². The maximum Gasteiger partial charge on any atom is 0.349 e. The molecule has 0 fully saturated rings. The van der Waals surface area contributed by atoms with Crippen molar-refractivity contribution in [3.63, 3.8) is 0 Å². The Morgan fingerprint density at radius 3 is 2.38 bits per heavy atom. The lowest BCUT2D eigenvalue weighted by Gasteiger charge is -2.13. The Balaban J connectivity index is 1.62. The molecule has 1 atom stereocenters. The number of amides is 1. The molecule has 132 valence electrons. The number of carbonyl (C=O) groups excluding carboxylic acids is 3. The lowest BCUT2D eigenvalue weighted by molar-refractivity contribution is -0.123. The zero-order valence-electron chi connectivity index (χ0n) is 14.3. The van der Waals surface area contributed by atoms with Gasteiger partial charge in [0.25, 0.3) is 5.91 Å². The number of anilines is 1. The number of nitrogens with one attached hydrogen (secondary N) is 1. The van der Waals surface area contributed by atoms with Crippen LogP contribution in [0.3, 0.4) is 0 Å². The molecular weight excluding hydrogens is 350 g/mol. The lowest BCUT2D eigenvalue weighted by Crippen LogP contribution is -2.29. The van der Waals surface area contributed by atoms with E-state index in [4.69, 9.17) is 4.74 Å². The summed E-state index contributed by atoms with van der Waals surface area (Å²) in [5.74, 6) is -1.01. The van der Waals surface area contributed by atoms with Crippen LogP contribution in [0.25, 0.3) is 10.1 Å². The number of Topliss-reactive ketones (excluding diaryl/α,β-unsaturated/α-hetero) is 1. The standard InChI is InChI=1S/C20H17NO4S/c1-12(22)14-7-9-16(10-8-14)21-19(23)13(2)25-20(24)18-11-15-5-3-4-6-17(15)26-18/h3-11,13H,1-2H3,(H,21,23). The smallest absolute Gasteiger partial charge is 0.349 e. The van der Waals surface area contributed by atoms with Crippen LogP contribution in [0.2, 0.25) is 0 Å². The fraction of sp³-hybridized carbons (Fsp3) is 0.150. The summed E-state index contributed by atoms with van der Waals surface area (Å²) in [6, 6.07) is 15.9. The summed E-state index contributed by atoms with van der Waals surface area (Å²) in [5, 5.41) is 3.63. The first-order valence-corrected chi connectivity index (χ1v) is 8.87. The van der Waals surface area contributed by atoms with Crippen molar-refractivity contribution in [2.45, 2.75) is 20.0 Å². The van der Waals surface area contributed by atoms with Gasteiger partial charge < -0.3 is 10.1 Å². The molecule has 3 rings (SSSR count). The Kier molecular flexibility index (Phi) is 5.14. The molecule has 0 saturated carbocycles. The summed E-state index contributed by atoms with van der Waals surface area (Å²) in [5.41, 5.74) is 1.09. The van der Waals surface area contributed by atoms with Crippen LogP contribution < -0.4 is 5.32 Å². The van der Waals surface area contributed by atoms with E-state index in [2.05, 4.69) is 5.32 Å². The molecule has 1 amide bonds. The molecule has 0 spiro atoms. The van der Waals surface area contributed by atoms with Crippen LogP contribution in [0.1, 0.15) is 33.9 Å². The molecule has 1 aromatic heterocycles. The van der Waals surface area contributed by atoms with Crippen LogP contribution in [-0.4, -0.2) is 23.8 Å². The summed E-state index contributed by atoms with van der Waals surface area (Å²) in [6.07, 6.45) is -0.944. The first kappa shape index (κ1) is 17.8. The zero-order valence-corrected chi connectivity index (χ0v) is 15.1. The third-order valence-corrected chi connectivity index (χ3v) is 4.93. The fourth-order valence-corrected chi connectivity index (χ4v) is 3.33. The van der Waals surface area contributed by atoms with Crippen LogP contribution >= 0.6 is 11.3 Å². The van der Waals surface area contributed by atoms with Gasteiger partial charge in [0.15, 0.2) is 11.9 Å². The molecule has 0 saturated heterocycles. The summed E-state index contributed by atoms with van der Waals surface area (Å²) >= 11 is 1.33. The number of fused-ring (bicyclic) bond motifs is 1. The van der Waals surface area contributed by atoms with E-state index in [1.807, 2.05) is 24.3 Å². The maximum absolute atomic E-state index is 12.3. The van der Waals surface area contributed by atoms with Gasteiger partial charge in [-0.3, -0.25) is 9.59 Å². The van der Waals surface area contributed by atoms with Crippen molar-refractivity contribution in [1.82, 2.24) is 0 Å². The molecule has 1 unspecified atom stereocenters. The average molecular weight is 367 g/mol. The van der Waals surface area contributed by atoms with Crippen molar-refractivity contribution in [2.75, 3.05) is 5.32 Å². The first-order valence-electron chi connectivity index (χ1n) is 8.05. The number of hydrogen-bond acceptors (Lipinski definition) is 5. The first-order chi connectivity index (χ1) is 12.4. The molecule has 5 nitrogen and oxygen atoms in total. The number of carbonyl (C=O) groups is 3. The van der Waals surface area contributed by atoms with Crippen molar-refractivity contribution in [3.05, 3.63) is 65.0 Å². The van der Waals surface area contributed by atoms with Crippen molar-refractivity contribution >= 4 is 44.8 Å². The molecule has 1 N–H and O–H groups in total. The molecule has 26 heavy (non-hydrogen) atoms. The van der Waals surface area contributed by atoms with Crippen LogP contribution in [0.5, 0.6) is 0 Å². The van der Waals surface area contributed by atoms with Crippen molar-refractivity contribution in [2.24, 2.45) is 0 Å². The largest absolute Gasteiger partial charge is 0.448 e. The number of rotatable bonds is 5. The van der Waals surface area contributed by atoms with Gasteiger partial charge in [-0.2, -0.15) is 0 Å². The topological polar surface area (TPSA) is 72.5 Å². The molecule has 6 heteroatoms. The minimum absolute atomic E-state index is 0.0477. The normalized spacial score (nSPS) is 11.8. The predicted octanol–water partition coefficient (Wildman–Crippen LogP) is 4.29. The van der Waals surface area contributed by atoms with Gasteiger partial charge in [0.05, 0.1) is 0 Å². The second-order valence-corrected chi connectivity index (χ2v) is 6.90. The van der Waals surface area contributed by atoms with Crippen molar-refractivity contribution in [3.8, 4) is 0 Å². The van der Waals surface area contributed by atoms with Crippen LogP contribution in [-0.2, 0) is 9.53 Å². The SMILES string of the molecule is CC(=O)c1ccc(NC(=O)C(C)OC(=O)c2cc3ccccc3s2)cc1. The molecule has 0 aliphatic carbocycles. The molecule has 0 bridgehead atoms. The lowest BCUT2D eigenvalue weighted by atomic mass is 10.1. The highest BCUT2D eigenvalue weighted by molar-refractivity contribution is 7.20. The number of thiophene rings is 1. The van der Waals surface area contributed by atoms with E-state index in [0.29, 0.717) is 16.1 Å². The number of ketones is 1. The zero-order chi connectivity index (χ0) is 18.7. The molecule has 1 heterocycles. The Morgan fingerprint density at radius 1 is 1.04 bits per heavy atom. The summed E-state index contributed by atoms with van der Waals surface area (Å²) in [6.45, 7) is 2.99. The Hall–Kier alpha value is -2.99. The number of esters is 1. The monoisotopic (exact) mass is 367 g/mol. The van der Waals surface area contributed by atoms with E-state index in [0.717, 1.165) is 10.1 Å². The van der Waals surface area contributed by atoms with E-state index in [-0.39, 0.29) is 5.78 Å². The van der Waals surface area contributed by atoms with Gasteiger partial charge in [-0.05, 0) is 55.6 Å². The molecule has 3 aromatic rings. The van der Waals surface area contributed by atoms with Gasteiger partial charge in [-0.1, -0.05) is 18.2 Å². The van der Waals surface area contributed by atoms with E-state index in [1.165, 1.54) is 25.2 Å². The summed E-state index contributed by atoms with van der Waals surface area (Å²) in [4.78, 5) is 36.2. The number of benzene rings is 2. The quantitative estimate of drug-likeness (QED) is 0.539. The molecular formula is C20H17NO4S. The Morgan fingerprint density at radius 2 is 1.73 bits per heavy atom. The highest BCUT2D eigenvalue weighted by Gasteiger charge is 2.20. The summed E-state index contributed by atoms with van der Waals surface area (Å²) in [7, 11) is 0. The third kappa shape index (κ3) is 3.97. The van der Waals surface area contributed by atoms with Gasteiger partial charge in [-0.25, -0.2) is 4.79 Å². The number of hydrogen-bond donors (Lipinski definition) is 1. The van der Waals surface area contributed by atoms with Crippen LogP contribution in [0.4, 0.5) is 5.69 Å². The van der Waals surface area contributed by atoms with Crippen LogP contribution in [0, 0.1) is 0 Å². The number of ether oxygens (including phenoxy) is 1. The van der Waals surface area contributed by atoms with Gasteiger partial charge in [0.2, 0.25) is 0 Å². The van der Waals surface area contributed by atoms with E-state index in [1.54, 1.807) is 30.3 Å². The highest BCUT2D eigenvalue weighted by atomic mass is 32.1. The average Bonchev–Trinajstić information content (AvgIpc) is 3.06. The van der Waals surface area contributed by atoms with Crippen molar-refractivity contribution in [1.29, 1.82) is 0 Å². The maximum atomic E-state index is 12.3. The van der Waals surface area contributed by atoms with Gasteiger partial charge in [-0.15, -0.1) is 11.3 Å².